The van der Waals surface area contributed by atoms with Crippen molar-refractivity contribution < 1.29 is 21.6 Å². The molecule has 1 aromatic carbocycles. The Morgan fingerprint density at radius 1 is 1.26 bits per heavy atom. The van der Waals surface area contributed by atoms with Gasteiger partial charge < -0.3 is 5.32 Å². The molecule has 10 heteroatoms. The van der Waals surface area contributed by atoms with Crippen molar-refractivity contribution in [1.82, 2.24) is 9.62 Å². The third kappa shape index (κ3) is 4.51. The molecule has 0 radical (unpaired) electrons. The van der Waals surface area contributed by atoms with Crippen LogP contribution in [0.4, 0.5) is 13.2 Å². The van der Waals surface area contributed by atoms with E-state index in [0.717, 1.165) is 12.1 Å². The smallest absolute Gasteiger partial charge is 0.317 e. The molecule has 1 aliphatic rings. The van der Waals surface area contributed by atoms with E-state index in [4.69, 9.17) is 11.6 Å². The van der Waals surface area contributed by atoms with Crippen molar-refractivity contribution >= 4 is 34.0 Å². The lowest BCUT2D eigenvalue weighted by atomic mass is 10.1. The second kappa shape index (κ2) is 7.57. The summed E-state index contributed by atoms with van der Waals surface area (Å²) in [4.78, 5) is -0.287. The lowest BCUT2D eigenvalue weighted by Gasteiger charge is -2.31. The first-order valence-electron chi connectivity index (χ1n) is 6.70. The maximum absolute atomic E-state index is 12.6. The fraction of sp³-hybridized carbons (Fsp3) is 0.538. The minimum Gasteiger partial charge on any atom is -0.317 e. The summed E-state index contributed by atoms with van der Waals surface area (Å²) in [5.74, 6) is 0. The molecule has 1 saturated heterocycles. The van der Waals surface area contributed by atoms with Crippen LogP contribution in [0.25, 0.3) is 0 Å². The first kappa shape index (κ1) is 20.5. The number of rotatable bonds is 3. The molecule has 1 fully saturated rings. The number of nitrogens with zero attached hydrogens (tertiary/aromatic N) is 1. The van der Waals surface area contributed by atoms with Crippen molar-refractivity contribution in [3.8, 4) is 0 Å². The van der Waals surface area contributed by atoms with E-state index in [0.29, 0.717) is 32.0 Å². The Bertz CT molecular complexity index is 645. The van der Waals surface area contributed by atoms with E-state index >= 15 is 0 Å². The first-order chi connectivity index (χ1) is 10.2. The molecule has 1 heterocycles. The fourth-order valence-electron chi connectivity index (χ4n) is 2.41. The van der Waals surface area contributed by atoms with Crippen LogP contribution in [-0.2, 0) is 16.2 Å². The lowest BCUT2D eigenvalue weighted by molar-refractivity contribution is -0.137. The van der Waals surface area contributed by atoms with Gasteiger partial charge in [0.25, 0.3) is 0 Å². The van der Waals surface area contributed by atoms with Crippen LogP contribution in [0.15, 0.2) is 23.1 Å². The van der Waals surface area contributed by atoms with Crippen molar-refractivity contribution in [1.29, 1.82) is 0 Å². The molecule has 0 atom stereocenters. The summed E-state index contributed by atoms with van der Waals surface area (Å²) >= 11 is 5.78. The summed E-state index contributed by atoms with van der Waals surface area (Å²) in [6, 6.07) is 2.55. The second-order valence-electron chi connectivity index (χ2n) is 5.11. The minimum absolute atomic E-state index is 0. The van der Waals surface area contributed by atoms with Gasteiger partial charge in [-0.3, -0.25) is 0 Å². The first-order valence-corrected chi connectivity index (χ1v) is 8.52. The Morgan fingerprint density at radius 3 is 2.26 bits per heavy atom. The van der Waals surface area contributed by atoms with Crippen molar-refractivity contribution in [2.75, 3.05) is 20.1 Å². The fourth-order valence-corrected chi connectivity index (χ4v) is 4.40. The highest BCUT2D eigenvalue weighted by Gasteiger charge is 2.34. The largest absolute Gasteiger partial charge is 0.416 e. The van der Waals surface area contributed by atoms with Crippen LogP contribution >= 0.6 is 24.0 Å². The van der Waals surface area contributed by atoms with Crippen LogP contribution in [0.5, 0.6) is 0 Å². The summed E-state index contributed by atoms with van der Waals surface area (Å²) in [6.07, 6.45) is -3.26. The Morgan fingerprint density at radius 2 is 1.83 bits per heavy atom. The average Bonchev–Trinajstić information content (AvgIpc) is 2.46. The minimum atomic E-state index is -4.56. The maximum atomic E-state index is 12.6. The normalized spacial score (nSPS) is 17.8. The molecule has 0 saturated carbocycles. The SMILES string of the molecule is CNC1CCN(S(=O)(=O)c2ccc(C(F)(F)F)cc2Cl)CC1.Cl. The standard InChI is InChI=1S/C13H16ClF3N2O2S.ClH/c1-18-10-4-6-19(7-5-10)22(20,21)12-3-2-9(8-11(12)14)13(15,16)17;/h2-3,8,10,18H,4-7H2,1H3;1H. The zero-order valence-corrected chi connectivity index (χ0v) is 14.6. The Kier molecular flexibility index (Phi) is 6.74. The molecule has 1 N–H and O–H groups in total. The number of piperidine rings is 1. The van der Waals surface area contributed by atoms with Crippen molar-refractivity contribution in [2.24, 2.45) is 0 Å². The zero-order valence-electron chi connectivity index (χ0n) is 12.2. The third-order valence-corrected chi connectivity index (χ3v) is 6.12. The number of nitrogens with one attached hydrogen (secondary N) is 1. The van der Waals surface area contributed by atoms with Crippen LogP contribution < -0.4 is 5.32 Å². The lowest BCUT2D eigenvalue weighted by Crippen LogP contribution is -2.43. The van der Waals surface area contributed by atoms with Crippen LogP contribution in [0.3, 0.4) is 0 Å². The van der Waals surface area contributed by atoms with E-state index in [9.17, 15) is 21.6 Å². The Labute approximate surface area is 144 Å². The van der Waals surface area contributed by atoms with Crippen LogP contribution in [-0.4, -0.2) is 38.9 Å². The molecule has 23 heavy (non-hydrogen) atoms. The summed E-state index contributed by atoms with van der Waals surface area (Å²) in [7, 11) is -2.07. The molecule has 0 aliphatic carbocycles. The van der Waals surface area contributed by atoms with E-state index in [-0.39, 0.29) is 23.3 Å². The van der Waals surface area contributed by atoms with Crippen molar-refractivity contribution in [3.05, 3.63) is 28.8 Å². The number of hydrogen-bond donors (Lipinski definition) is 1. The Balaban J connectivity index is 0.00000264. The molecule has 0 unspecified atom stereocenters. The van der Waals surface area contributed by atoms with Gasteiger partial charge in [-0.25, -0.2) is 8.42 Å². The molecule has 1 aromatic rings. The molecule has 0 bridgehead atoms. The van der Waals surface area contributed by atoms with Crippen LogP contribution in [0.1, 0.15) is 18.4 Å². The summed E-state index contributed by atoms with van der Waals surface area (Å²) in [6.45, 7) is 0.621. The third-order valence-electron chi connectivity index (χ3n) is 3.74. The highest BCUT2D eigenvalue weighted by molar-refractivity contribution is 7.89. The van der Waals surface area contributed by atoms with Gasteiger partial charge in [0, 0.05) is 19.1 Å². The van der Waals surface area contributed by atoms with Gasteiger partial charge in [-0.05, 0) is 38.1 Å². The maximum Gasteiger partial charge on any atom is 0.416 e. The van der Waals surface area contributed by atoms with E-state index in [2.05, 4.69) is 5.32 Å². The van der Waals surface area contributed by atoms with Gasteiger partial charge in [-0.15, -0.1) is 12.4 Å². The molecule has 0 spiro atoms. The van der Waals surface area contributed by atoms with Crippen LogP contribution in [0, 0.1) is 0 Å². The molecule has 132 valence electrons. The second-order valence-corrected chi connectivity index (χ2v) is 7.42. The quantitative estimate of drug-likeness (QED) is 0.859. The van der Waals surface area contributed by atoms with Gasteiger partial charge in [-0.1, -0.05) is 11.6 Å². The highest BCUT2D eigenvalue weighted by atomic mass is 35.5. The predicted molar refractivity (Wildman–Crippen MR) is 84.5 cm³/mol. The van der Waals surface area contributed by atoms with Gasteiger partial charge in [0.1, 0.15) is 4.90 Å². The molecule has 0 aromatic heterocycles. The van der Waals surface area contributed by atoms with Gasteiger partial charge in [0.15, 0.2) is 0 Å². The number of benzene rings is 1. The number of alkyl halides is 3. The van der Waals surface area contributed by atoms with Crippen molar-refractivity contribution in [3.63, 3.8) is 0 Å². The van der Waals surface area contributed by atoms with Crippen LogP contribution in [0.2, 0.25) is 5.02 Å². The van der Waals surface area contributed by atoms with Gasteiger partial charge in [0.05, 0.1) is 10.6 Å². The highest BCUT2D eigenvalue weighted by Crippen LogP contribution is 2.34. The summed E-state index contributed by atoms with van der Waals surface area (Å²) in [5.41, 5.74) is -0.967. The van der Waals surface area contributed by atoms with E-state index in [1.165, 1.54) is 4.31 Å². The number of hydrogen-bond acceptors (Lipinski definition) is 3. The van der Waals surface area contributed by atoms with E-state index in [1.807, 2.05) is 7.05 Å². The topological polar surface area (TPSA) is 49.4 Å². The Hall–Kier alpha value is -0.540. The molecule has 4 nitrogen and oxygen atoms in total. The zero-order chi connectivity index (χ0) is 16.5. The molecule has 0 amide bonds. The van der Waals surface area contributed by atoms with Gasteiger partial charge in [-0.2, -0.15) is 17.5 Å². The van der Waals surface area contributed by atoms with Gasteiger partial charge >= 0.3 is 6.18 Å². The van der Waals surface area contributed by atoms with Crippen molar-refractivity contribution in [2.45, 2.75) is 30.0 Å². The van der Waals surface area contributed by atoms with E-state index in [1.54, 1.807) is 0 Å². The average molecular weight is 393 g/mol. The monoisotopic (exact) mass is 392 g/mol. The molecule has 1 aliphatic heterocycles. The summed E-state index contributed by atoms with van der Waals surface area (Å²) in [5, 5.41) is 2.67. The van der Waals surface area contributed by atoms with Gasteiger partial charge in [0.2, 0.25) is 10.0 Å². The molecular formula is C13H17Cl2F3N2O2S. The predicted octanol–water partition coefficient (Wildman–Crippen LogP) is 3.15. The van der Waals surface area contributed by atoms with E-state index < -0.39 is 26.8 Å². The molecular weight excluding hydrogens is 376 g/mol. The number of halogens is 5. The molecule has 2 rings (SSSR count). The summed E-state index contributed by atoms with van der Waals surface area (Å²) < 4.78 is 64.1. The number of sulfonamides is 1.